The zero-order chi connectivity index (χ0) is 14.6. The van der Waals surface area contributed by atoms with E-state index in [0.717, 1.165) is 13.1 Å². The molecule has 1 aliphatic rings. The van der Waals surface area contributed by atoms with Crippen LogP contribution in [0.3, 0.4) is 0 Å². The number of aromatic nitrogens is 2. The zero-order valence-electron chi connectivity index (χ0n) is 12.2. The fraction of sp³-hybridized carbons (Fsp3) is 0.769. The minimum atomic E-state index is -3.10. The van der Waals surface area contributed by atoms with Crippen molar-refractivity contribution in [3.8, 4) is 0 Å². The maximum Gasteiger partial charge on any atom is 0.211 e. The summed E-state index contributed by atoms with van der Waals surface area (Å²) in [7, 11) is -3.10. The van der Waals surface area contributed by atoms with Gasteiger partial charge in [0.05, 0.1) is 5.75 Å². The van der Waals surface area contributed by atoms with Crippen molar-refractivity contribution in [2.24, 2.45) is 5.41 Å². The van der Waals surface area contributed by atoms with Crippen LogP contribution in [0.5, 0.6) is 0 Å². The fourth-order valence-electron chi connectivity index (χ4n) is 2.12. The van der Waals surface area contributed by atoms with Gasteiger partial charge in [0.1, 0.15) is 0 Å². The first-order valence-electron chi connectivity index (χ1n) is 7.13. The Morgan fingerprint density at radius 1 is 1.45 bits per heavy atom. The molecule has 1 saturated carbocycles. The summed E-state index contributed by atoms with van der Waals surface area (Å²) >= 11 is 0. The monoisotopic (exact) mass is 300 g/mol. The molecule has 7 heteroatoms. The van der Waals surface area contributed by atoms with E-state index >= 15 is 0 Å². The SMILES string of the molecule is CCS(=O)(=O)NCC(C)NCC1(Cn2cccn2)CC1. The second-order valence-electron chi connectivity index (χ2n) is 5.74. The molecule has 2 N–H and O–H groups in total. The fourth-order valence-corrected chi connectivity index (χ4v) is 2.83. The van der Waals surface area contributed by atoms with Gasteiger partial charge in [0.2, 0.25) is 10.0 Å². The van der Waals surface area contributed by atoms with Crippen molar-refractivity contribution in [2.75, 3.05) is 18.8 Å². The van der Waals surface area contributed by atoms with Crippen molar-refractivity contribution in [2.45, 2.75) is 39.3 Å². The Morgan fingerprint density at radius 3 is 2.75 bits per heavy atom. The average Bonchev–Trinajstić information content (AvgIpc) is 2.99. The second kappa shape index (κ2) is 6.24. The van der Waals surface area contributed by atoms with Gasteiger partial charge in [-0.25, -0.2) is 13.1 Å². The van der Waals surface area contributed by atoms with Gasteiger partial charge in [-0.05, 0) is 32.8 Å². The predicted octanol–water partition coefficient (Wildman–Crippen LogP) is 0.581. The number of sulfonamides is 1. The van der Waals surface area contributed by atoms with E-state index in [2.05, 4.69) is 15.1 Å². The summed E-state index contributed by atoms with van der Waals surface area (Å²) in [5.41, 5.74) is 0.296. The lowest BCUT2D eigenvalue weighted by Crippen LogP contribution is -2.42. The van der Waals surface area contributed by atoms with Gasteiger partial charge in [0.25, 0.3) is 0 Å². The highest BCUT2D eigenvalue weighted by Gasteiger charge is 2.42. The van der Waals surface area contributed by atoms with Crippen molar-refractivity contribution >= 4 is 10.0 Å². The van der Waals surface area contributed by atoms with Crippen LogP contribution in [0.25, 0.3) is 0 Å². The molecule has 1 aromatic rings. The number of rotatable bonds is 9. The van der Waals surface area contributed by atoms with Crippen LogP contribution in [0.4, 0.5) is 0 Å². The Balaban J connectivity index is 1.72. The molecular weight excluding hydrogens is 276 g/mol. The standard InChI is InChI=1S/C13H24N4O2S/c1-3-20(18,19)16-9-12(2)14-10-13(5-6-13)11-17-8-4-7-15-17/h4,7-8,12,14,16H,3,5-6,9-11H2,1-2H3. The van der Waals surface area contributed by atoms with E-state index in [1.54, 1.807) is 13.1 Å². The molecule has 1 fully saturated rings. The van der Waals surface area contributed by atoms with Gasteiger partial charge in [0, 0.05) is 43.5 Å². The summed E-state index contributed by atoms with van der Waals surface area (Å²) in [5.74, 6) is 0.128. The van der Waals surface area contributed by atoms with Crippen molar-refractivity contribution in [1.29, 1.82) is 0 Å². The lowest BCUT2D eigenvalue weighted by atomic mass is 10.1. The van der Waals surface area contributed by atoms with Crippen LogP contribution in [0.2, 0.25) is 0 Å². The van der Waals surface area contributed by atoms with Crippen molar-refractivity contribution in [3.63, 3.8) is 0 Å². The third-order valence-corrected chi connectivity index (χ3v) is 5.20. The van der Waals surface area contributed by atoms with E-state index in [4.69, 9.17) is 0 Å². The van der Waals surface area contributed by atoms with Gasteiger partial charge in [-0.1, -0.05) is 0 Å². The van der Waals surface area contributed by atoms with E-state index in [9.17, 15) is 8.42 Å². The zero-order valence-corrected chi connectivity index (χ0v) is 13.0. The van der Waals surface area contributed by atoms with E-state index < -0.39 is 10.0 Å². The maximum absolute atomic E-state index is 11.4. The molecule has 1 aromatic heterocycles. The van der Waals surface area contributed by atoms with E-state index in [1.807, 2.05) is 23.9 Å². The first kappa shape index (κ1) is 15.5. The molecule has 0 radical (unpaired) electrons. The molecule has 0 aromatic carbocycles. The minimum absolute atomic E-state index is 0.128. The Bertz CT molecular complexity index is 508. The van der Waals surface area contributed by atoms with Crippen LogP contribution in [0.15, 0.2) is 18.5 Å². The highest BCUT2D eigenvalue weighted by atomic mass is 32.2. The quantitative estimate of drug-likeness (QED) is 0.699. The van der Waals surface area contributed by atoms with Crippen LogP contribution in [0, 0.1) is 5.41 Å². The minimum Gasteiger partial charge on any atom is -0.312 e. The first-order chi connectivity index (χ1) is 9.45. The van der Waals surface area contributed by atoms with Crippen LogP contribution in [-0.4, -0.2) is 43.1 Å². The highest BCUT2D eigenvalue weighted by Crippen LogP contribution is 2.46. The third-order valence-electron chi connectivity index (χ3n) is 3.83. The van der Waals surface area contributed by atoms with E-state index in [-0.39, 0.29) is 11.8 Å². The Labute approximate surface area is 121 Å². The van der Waals surface area contributed by atoms with Crippen LogP contribution >= 0.6 is 0 Å². The van der Waals surface area contributed by atoms with Gasteiger partial charge in [0.15, 0.2) is 0 Å². The molecule has 0 bridgehead atoms. The molecule has 0 saturated heterocycles. The van der Waals surface area contributed by atoms with Crippen molar-refractivity contribution in [3.05, 3.63) is 18.5 Å². The Morgan fingerprint density at radius 2 is 2.20 bits per heavy atom. The number of nitrogens with one attached hydrogen (secondary N) is 2. The van der Waals surface area contributed by atoms with Gasteiger partial charge in [-0.15, -0.1) is 0 Å². The summed E-state index contributed by atoms with van der Waals surface area (Å²) in [4.78, 5) is 0. The van der Waals surface area contributed by atoms with Gasteiger partial charge in [-0.2, -0.15) is 5.10 Å². The first-order valence-corrected chi connectivity index (χ1v) is 8.78. The molecule has 0 aliphatic heterocycles. The van der Waals surface area contributed by atoms with Crippen molar-refractivity contribution in [1.82, 2.24) is 19.8 Å². The van der Waals surface area contributed by atoms with Crippen LogP contribution in [0.1, 0.15) is 26.7 Å². The average molecular weight is 300 g/mol. The molecule has 2 rings (SSSR count). The van der Waals surface area contributed by atoms with Crippen LogP contribution in [-0.2, 0) is 16.6 Å². The Hall–Kier alpha value is -0.920. The normalized spacial score (nSPS) is 18.9. The van der Waals surface area contributed by atoms with Gasteiger partial charge >= 0.3 is 0 Å². The van der Waals surface area contributed by atoms with E-state index in [0.29, 0.717) is 12.0 Å². The molecule has 1 aliphatic carbocycles. The molecule has 1 heterocycles. The lowest BCUT2D eigenvalue weighted by molar-refractivity contribution is 0.355. The highest BCUT2D eigenvalue weighted by molar-refractivity contribution is 7.89. The molecule has 20 heavy (non-hydrogen) atoms. The summed E-state index contributed by atoms with van der Waals surface area (Å²) in [5, 5.41) is 7.67. The number of nitrogens with zero attached hydrogens (tertiary/aromatic N) is 2. The summed E-state index contributed by atoms with van der Waals surface area (Å²) in [6.45, 7) is 5.92. The topological polar surface area (TPSA) is 76.0 Å². The van der Waals surface area contributed by atoms with Gasteiger partial charge in [-0.3, -0.25) is 4.68 Å². The van der Waals surface area contributed by atoms with Crippen molar-refractivity contribution < 1.29 is 8.42 Å². The second-order valence-corrected chi connectivity index (χ2v) is 7.83. The molecular formula is C13H24N4O2S. The molecule has 114 valence electrons. The third kappa shape index (κ3) is 4.57. The number of hydrogen-bond donors (Lipinski definition) is 2. The van der Waals surface area contributed by atoms with Crippen LogP contribution < -0.4 is 10.0 Å². The summed E-state index contributed by atoms with van der Waals surface area (Å²) < 4.78 is 27.3. The smallest absolute Gasteiger partial charge is 0.211 e. The van der Waals surface area contributed by atoms with Gasteiger partial charge < -0.3 is 5.32 Å². The maximum atomic E-state index is 11.4. The molecule has 6 nitrogen and oxygen atoms in total. The molecule has 1 atom stereocenters. The predicted molar refractivity (Wildman–Crippen MR) is 78.8 cm³/mol. The molecule has 0 spiro atoms. The lowest BCUT2D eigenvalue weighted by Gasteiger charge is -2.20. The molecule has 0 amide bonds. The Kier molecular flexibility index (Phi) is 4.82. The molecule has 1 unspecified atom stereocenters. The summed E-state index contributed by atoms with van der Waals surface area (Å²) in [6.07, 6.45) is 6.19. The largest absolute Gasteiger partial charge is 0.312 e. The number of hydrogen-bond acceptors (Lipinski definition) is 4. The summed E-state index contributed by atoms with van der Waals surface area (Å²) in [6, 6.07) is 2.07. The van der Waals surface area contributed by atoms with E-state index in [1.165, 1.54) is 12.8 Å².